The molecule has 0 aromatic heterocycles. The second-order valence-corrected chi connectivity index (χ2v) is 3.48. The van der Waals surface area contributed by atoms with Crippen molar-refractivity contribution in [3.05, 3.63) is 24.3 Å². The van der Waals surface area contributed by atoms with Crippen molar-refractivity contribution in [1.82, 2.24) is 4.72 Å². The van der Waals surface area contributed by atoms with Gasteiger partial charge in [0, 0.05) is 0 Å². The van der Waals surface area contributed by atoms with Crippen LogP contribution in [-0.2, 0) is 0 Å². The molecule has 1 aliphatic rings. The average molecular weight is 218 g/mol. The molecule has 0 unspecified atom stereocenters. The second-order valence-electron chi connectivity index (χ2n) is 2.63. The monoisotopic (exact) mass is 218 g/mol. The summed E-state index contributed by atoms with van der Waals surface area (Å²) in [7, 11) is 0. The summed E-state index contributed by atoms with van der Waals surface area (Å²) in [6, 6.07) is 6.67. The Morgan fingerprint density at radius 1 is 1.21 bits per heavy atom. The van der Waals surface area contributed by atoms with Crippen LogP contribution in [0.5, 0.6) is 0 Å². The van der Waals surface area contributed by atoms with E-state index in [1.165, 1.54) is 0 Å². The maximum atomic E-state index is 12.2. The normalized spacial score (nSPS) is 15.5. The Labute approximate surface area is 82.4 Å². The van der Waals surface area contributed by atoms with Crippen molar-refractivity contribution in [3.63, 3.8) is 0 Å². The topological polar surface area (TPSA) is 24.4 Å². The van der Waals surface area contributed by atoms with E-state index in [9.17, 15) is 13.2 Å². The number of nitrogens with zero attached hydrogens (tertiary/aromatic N) is 1. The van der Waals surface area contributed by atoms with E-state index in [-0.39, 0.29) is 0 Å². The van der Waals surface area contributed by atoms with Crippen LogP contribution in [0.25, 0.3) is 0 Å². The van der Waals surface area contributed by atoms with Gasteiger partial charge in [-0.2, -0.15) is 13.2 Å². The van der Waals surface area contributed by atoms with Crippen LogP contribution in [0.15, 0.2) is 34.2 Å². The van der Waals surface area contributed by atoms with Gasteiger partial charge in [-0.05, 0) is 24.1 Å². The van der Waals surface area contributed by atoms with E-state index in [0.29, 0.717) is 10.6 Å². The molecule has 1 N–H and O–H groups in total. The molecular weight excluding hydrogens is 213 g/mol. The number of halogens is 3. The highest BCUT2D eigenvalue weighted by molar-refractivity contribution is 7.98. The summed E-state index contributed by atoms with van der Waals surface area (Å²) < 4.78 is 38.8. The Bertz CT molecular complexity index is 386. The van der Waals surface area contributed by atoms with Gasteiger partial charge in [0.1, 0.15) is 0 Å². The SMILES string of the molecule is FC(F)(F)C1=Nc2ccccc2SN1. The Hall–Kier alpha value is -1.17. The number of amidine groups is 1. The molecule has 6 heteroatoms. The third-order valence-corrected chi connectivity index (χ3v) is 2.48. The van der Waals surface area contributed by atoms with Gasteiger partial charge >= 0.3 is 6.18 Å². The van der Waals surface area contributed by atoms with E-state index in [1.54, 1.807) is 24.3 Å². The lowest BCUT2D eigenvalue weighted by Gasteiger charge is -2.17. The fraction of sp³-hybridized carbons (Fsp3) is 0.125. The average Bonchev–Trinajstić information content (AvgIpc) is 2.16. The summed E-state index contributed by atoms with van der Waals surface area (Å²) in [5, 5.41) is 0. The Morgan fingerprint density at radius 2 is 1.93 bits per heavy atom. The maximum absolute atomic E-state index is 12.2. The third kappa shape index (κ3) is 1.70. The molecule has 1 aliphatic heterocycles. The summed E-state index contributed by atoms with van der Waals surface area (Å²) in [4.78, 5) is 4.17. The Balaban J connectivity index is 2.41. The number of benzene rings is 1. The molecule has 0 aliphatic carbocycles. The number of rotatable bonds is 0. The highest BCUT2D eigenvalue weighted by Gasteiger charge is 2.37. The molecule has 0 bridgehead atoms. The van der Waals surface area contributed by atoms with Crippen LogP contribution in [-0.4, -0.2) is 12.0 Å². The first-order chi connectivity index (χ1) is 6.57. The Kier molecular flexibility index (Phi) is 2.14. The van der Waals surface area contributed by atoms with Gasteiger partial charge in [-0.3, -0.25) is 0 Å². The molecule has 0 radical (unpaired) electrons. The lowest BCUT2D eigenvalue weighted by atomic mass is 10.3. The summed E-state index contributed by atoms with van der Waals surface area (Å²) >= 11 is 0.923. The van der Waals surface area contributed by atoms with Crippen molar-refractivity contribution in [2.45, 2.75) is 11.1 Å². The smallest absolute Gasteiger partial charge is 0.306 e. The minimum atomic E-state index is -4.42. The molecule has 1 aromatic carbocycles. The quantitative estimate of drug-likeness (QED) is 0.677. The zero-order valence-corrected chi connectivity index (χ0v) is 7.62. The number of alkyl halides is 3. The first-order valence-electron chi connectivity index (χ1n) is 3.75. The molecule has 0 amide bonds. The van der Waals surface area contributed by atoms with Crippen LogP contribution in [0.4, 0.5) is 18.9 Å². The summed E-state index contributed by atoms with van der Waals surface area (Å²) in [5.74, 6) is -0.957. The highest BCUT2D eigenvalue weighted by atomic mass is 32.2. The second kappa shape index (κ2) is 3.20. The van der Waals surface area contributed by atoms with E-state index in [0.717, 1.165) is 11.9 Å². The van der Waals surface area contributed by atoms with Crippen LogP contribution in [0, 0.1) is 0 Å². The van der Waals surface area contributed by atoms with E-state index < -0.39 is 12.0 Å². The van der Waals surface area contributed by atoms with Crippen LogP contribution in [0.2, 0.25) is 0 Å². The lowest BCUT2D eigenvalue weighted by molar-refractivity contribution is -0.0605. The minimum Gasteiger partial charge on any atom is -0.306 e. The lowest BCUT2D eigenvalue weighted by Crippen LogP contribution is -2.34. The van der Waals surface area contributed by atoms with E-state index in [2.05, 4.69) is 9.71 Å². The molecule has 1 aromatic rings. The van der Waals surface area contributed by atoms with Gasteiger partial charge in [0.2, 0.25) is 5.84 Å². The number of aliphatic imine (C=N–C) groups is 1. The van der Waals surface area contributed by atoms with E-state index in [1.807, 2.05) is 0 Å². The largest absolute Gasteiger partial charge is 0.450 e. The molecule has 1 heterocycles. The van der Waals surface area contributed by atoms with Crippen LogP contribution in [0.1, 0.15) is 0 Å². The first-order valence-corrected chi connectivity index (χ1v) is 4.57. The predicted molar refractivity (Wildman–Crippen MR) is 48.6 cm³/mol. The molecule has 0 fully saturated rings. The molecule has 0 atom stereocenters. The van der Waals surface area contributed by atoms with Crippen LogP contribution in [0.3, 0.4) is 0 Å². The number of hydrogen-bond donors (Lipinski definition) is 1. The minimum absolute atomic E-state index is 0.351. The third-order valence-electron chi connectivity index (χ3n) is 1.62. The molecule has 0 saturated carbocycles. The van der Waals surface area contributed by atoms with Crippen molar-refractivity contribution in [2.24, 2.45) is 4.99 Å². The van der Waals surface area contributed by atoms with Crippen molar-refractivity contribution in [2.75, 3.05) is 0 Å². The van der Waals surface area contributed by atoms with E-state index >= 15 is 0 Å². The van der Waals surface area contributed by atoms with Gasteiger partial charge in [-0.1, -0.05) is 12.1 Å². The fourth-order valence-electron chi connectivity index (χ4n) is 1.00. The van der Waals surface area contributed by atoms with Crippen molar-refractivity contribution < 1.29 is 13.2 Å². The summed E-state index contributed by atoms with van der Waals surface area (Å²) in [6.45, 7) is 0. The molecule has 2 nitrogen and oxygen atoms in total. The van der Waals surface area contributed by atoms with Gasteiger partial charge in [0.15, 0.2) is 0 Å². The summed E-state index contributed by atoms with van der Waals surface area (Å²) in [5.41, 5.74) is 0.351. The fourth-order valence-corrected chi connectivity index (χ4v) is 1.74. The first kappa shape index (κ1) is 9.39. The van der Waals surface area contributed by atoms with Gasteiger partial charge in [0.25, 0.3) is 0 Å². The van der Waals surface area contributed by atoms with Crippen LogP contribution < -0.4 is 4.72 Å². The van der Waals surface area contributed by atoms with Gasteiger partial charge in [0.05, 0.1) is 10.6 Å². The zero-order valence-electron chi connectivity index (χ0n) is 6.80. The highest BCUT2D eigenvalue weighted by Crippen LogP contribution is 2.33. The predicted octanol–water partition coefficient (Wildman–Crippen LogP) is 2.89. The molecule has 0 spiro atoms. The van der Waals surface area contributed by atoms with Crippen molar-refractivity contribution in [1.29, 1.82) is 0 Å². The van der Waals surface area contributed by atoms with E-state index in [4.69, 9.17) is 0 Å². The number of nitrogens with one attached hydrogen (secondary N) is 1. The van der Waals surface area contributed by atoms with Crippen molar-refractivity contribution in [3.8, 4) is 0 Å². The Morgan fingerprint density at radius 3 is 2.64 bits per heavy atom. The molecule has 74 valence electrons. The van der Waals surface area contributed by atoms with Gasteiger partial charge in [-0.15, -0.1) is 0 Å². The number of fused-ring (bicyclic) bond motifs is 1. The molecular formula is C8H5F3N2S. The standard InChI is InChI=1S/C8H5F3N2S/c9-8(10,11)7-12-5-3-1-2-4-6(5)14-13-7/h1-4H,(H,12,13). The number of para-hydroxylation sites is 1. The molecule has 2 rings (SSSR count). The van der Waals surface area contributed by atoms with Crippen molar-refractivity contribution >= 4 is 23.5 Å². The van der Waals surface area contributed by atoms with Crippen LogP contribution >= 0.6 is 11.9 Å². The molecule has 14 heavy (non-hydrogen) atoms. The van der Waals surface area contributed by atoms with Gasteiger partial charge < -0.3 is 4.72 Å². The summed E-state index contributed by atoms with van der Waals surface area (Å²) in [6.07, 6.45) is -4.42. The maximum Gasteiger partial charge on any atom is 0.450 e. The number of hydrogen-bond acceptors (Lipinski definition) is 3. The van der Waals surface area contributed by atoms with Gasteiger partial charge in [-0.25, -0.2) is 4.99 Å². The molecule has 0 saturated heterocycles. The zero-order chi connectivity index (χ0) is 10.2.